The zero-order valence-corrected chi connectivity index (χ0v) is 39.4. The highest BCUT2D eigenvalue weighted by molar-refractivity contribution is 7.26. The Morgan fingerprint density at radius 3 is 1.78 bits per heavy atom. The number of carbonyl (C=O) groups excluding carboxylic acids is 5. The van der Waals surface area contributed by atoms with Crippen LogP contribution < -0.4 is 5.32 Å². The highest BCUT2D eigenvalue weighted by Gasteiger charge is 2.39. The minimum Gasteiger partial charge on any atom is -0.469 e. The van der Waals surface area contributed by atoms with Crippen molar-refractivity contribution in [1.29, 1.82) is 0 Å². The number of rotatable bonds is 17. The maximum atomic E-state index is 12.0. The van der Waals surface area contributed by atoms with Crippen molar-refractivity contribution in [2.24, 2.45) is 10.8 Å². The first-order valence-electron chi connectivity index (χ1n) is 20.2. The Balaban J connectivity index is -0.000000221. The molecule has 0 saturated carbocycles. The summed E-state index contributed by atoms with van der Waals surface area (Å²) in [6.45, 7) is 21.3. The molecule has 0 aliphatic carbocycles. The molecule has 1 aliphatic rings. The molecule has 1 unspecified atom stereocenters. The van der Waals surface area contributed by atoms with E-state index in [-0.39, 0.29) is 70.9 Å². The fraction of sp³-hybridized carbons (Fsp3) is 0.622. The van der Waals surface area contributed by atoms with Gasteiger partial charge in [0, 0.05) is 52.5 Å². The number of esters is 2. The summed E-state index contributed by atoms with van der Waals surface area (Å²) in [4.78, 5) is 53.7. The van der Waals surface area contributed by atoms with E-state index in [4.69, 9.17) is 28.4 Å². The predicted molar refractivity (Wildman–Crippen MR) is 239 cm³/mol. The zero-order valence-electron chi connectivity index (χ0n) is 38.4. The molecule has 14 heteroatoms. The molecule has 3 rings (SSSR count). The average molecular weight is 858 g/mol. The number of aliphatic hydroxyl groups excluding tert-OH is 1. The van der Waals surface area contributed by atoms with Crippen LogP contribution in [0.1, 0.15) is 107 Å². The molecule has 3 atom stereocenters. The van der Waals surface area contributed by atoms with Crippen LogP contribution in [0.2, 0.25) is 0 Å². The molecule has 1 heterocycles. The average Bonchev–Trinajstić information content (AvgIpc) is 3.24. The minimum absolute atomic E-state index is 0. The summed E-state index contributed by atoms with van der Waals surface area (Å²) in [7, 11) is 5.65. The Morgan fingerprint density at radius 2 is 1.36 bits per heavy atom. The second kappa shape index (κ2) is 41.2. The number of benzene rings is 2. The van der Waals surface area contributed by atoms with Gasteiger partial charge in [-0.15, -0.1) is 0 Å². The van der Waals surface area contributed by atoms with Gasteiger partial charge in [0.05, 0.1) is 33.9 Å². The van der Waals surface area contributed by atoms with E-state index in [2.05, 4.69) is 52.0 Å². The second-order valence-electron chi connectivity index (χ2n) is 13.6. The fourth-order valence-corrected chi connectivity index (χ4v) is 6.13. The lowest BCUT2D eigenvalue weighted by Crippen LogP contribution is -2.48. The van der Waals surface area contributed by atoms with Gasteiger partial charge in [-0.05, 0) is 30.4 Å². The SMILES string of the molecule is C=O.CC.CC.CCCc1ccccc1.COC(=O)CCNC(=O)[C@@H]1OPOCC1(C)C.COCC(C)(C)[C@@H](OC)C(=O)CCCC(=O)OC.OCCc1ccccc1.[HH]. The molecule has 2 aromatic rings. The predicted octanol–water partition coefficient (Wildman–Crippen LogP) is 8.18. The van der Waals surface area contributed by atoms with E-state index in [0.29, 0.717) is 26.1 Å². The number of ether oxygens (including phenoxy) is 4. The Bertz CT molecular complexity index is 1260. The lowest BCUT2D eigenvalue weighted by Gasteiger charge is -2.36. The second-order valence-corrected chi connectivity index (χ2v) is 14.3. The van der Waals surface area contributed by atoms with Crippen molar-refractivity contribution in [1.82, 2.24) is 5.32 Å². The zero-order chi connectivity index (χ0) is 46.1. The molecule has 1 saturated heterocycles. The molecule has 2 aromatic carbocycles. The molecule has 342 valence electrons. The smallest absolute Gasteiger partial charge is 0.307 e. The third-order valence-corrected chi connectivity index (χ3v) is 8.48. The molecular weight excluding hydrogens is 777 g/mol. The van der Waals surface area contributed by atoms with Gasteiger partial charge < -0.3 is 43.2 Å². The largest absolute Gasteiger partial charge is 0.469 e. The number of Topliss-reactive ketones (excluding diaryl/α,β-unsaturated/α-hetero) is 1. The van der Waals surface area contributed by atoms with E-state index in [0.717, 1.165) is 6.42 Å². The molecule has 1 amide bonds. The van der Waals surface area contributed by atoms with E-state index >= 15 is 0 Å². The molecule has 0 spiro atoms. The summed E-state index contributed by atoms with van der Waals surface area (Å²) in [6.07, 6.45) is 3.36. The maximum Gasteiger partial charge on any atom is 0.307 e. The van der Waals surface area contributed by atoms with Gasteiger partial charge in [0.2, 0.25) is 5.91 Å². The van der Waals surface area contributed by atoms with E-state index in [9.17, 15) is 19.2 Å². The summed E-state index contributed by atoms with van der Waals surface area (Å²) in [5.41, 5.74) is 1.90. The molecule has 1 aliphatic heterocycles. The highest BCUT2D eigenvalue weighted by atomic mass is 31.1. The highest BCUT2D eigenvalue weighted by Crippen LogP contribution is 2.37. The van der Waals surface area contributed by atoms with Gasteiger partial charge in [-0.2, -0.15) is 0 Å². The van der Waals surface area contributed by atoms with Gasteiger partial charge in [0.1, 0.15) is 19.0 Å². The van der Waals surface area contributed by atoms with Crippen molar-refractivity contribution in [2.45, 2.75) is 119 Å². The van der Waals surface area contributed by atoms with Crippen LogP contribution in [0.4, 0.5) is 0 Å². The first-order valence-corrected chi connectivity index (χ1v) is 21.0. The maximum absolute atomic E-state index is 12.0. The van der Waals surface area contributed by atoms with Crippen molar-refractivity contribution in [2.75, 3.05) is 54.8 Å². The number of nitrogens with one attached hydrogen (secondary N) is 1. The van der Waals surface area contributed by atoms with Crippen LogP contribution in [-0.2, 0) is 64.8 Å². The first kappa shape index (κ1) is 62.1. The summed E-state index contributed by atoms with van der Waals surface area (Å²) in [6, 6.07) is 20.5. The standard InChI is InChI=1S/C13H24O5.C10H18NO5P.C9H12.C8H10O.2C2H6.CH2O.H2/c1-13(2,9-16-3)12(18-5)10(14)7-6-8-11(15)17-4;1-10(2)6-15-17-16-8(10)9(13)11-5-4-7(12)14-3;1-2-6-9-7-4-3-5-8-9;9-7-6-8-4-2-1-3-5-8;3*1-2;/h12H,6-9H2,1-5H3;8,17H,4-6H2,1-3H3,(H,11,13);3-5,7-8H,2,6H2,1H3;1-5,9H,6-7H2;2*1-2H3;1H2;1H/t12-;8-;;;;;;/m00....../s1. The molecule has 0 radical (unpaired) electrons. The normalized spacial score (nSPS) is 14.2. The summed E-state index contributed by atoms with van der Waals surface area (Å²) < 4.78 is 29.9. The lowest BCUT2D eigenvalue weighted by molar-refractivity contribution is -0.142. The topological polar surface area (TPSA) is 173 Å². The Hall–Kier alpha value is -3.58. The van der Waals surface area contributed by atoms with E-state index in [1.165, 1.54) is 45.3 Å². The monoisotopic (exact) mass is 858 g/mol. The van der Waals surface area contributed by atoms with Crippen molar-refractivity contribution < 1.29 is 58.5 Å². The Labute approximate surface area is 359 Å². The Morgan fingerprint density at radius 1 is 0.864 bits per heavy atom. The van der Waals surface area contributed by atoms with Crippen LogP contribution in [0.5, 0.6) is 0 Å². The molecule has 2 N–H and O–H groups in total. The fourth-order valence-electron chi connectivity index (χ4n) is 5.10. The van der Waals surface area contributed by atoms with Crippen molar-refractivity contribution in [3.8, 4) is 0 Å². The number of hydrogen-bond donors (Lipinski definition) is 2. The first-order chi connectivity index (χ1) is 28.2. The van der Waals surface area contributed by atoms with Gasteiger partial charge in [-0.25, -0.2) is 0 Å². The van der Waals surface area contributed by atoms with Crippen LogP contribution in [-0.4, -0.2) is 103 Å². The van der Waals surface area contributed by atoms with Crippen LogP contribution in [0.25, 0.3) is 0 Å². The van der Waals surface area contributed by atoms with Gasteiger partial charge in [-0.1, -0.05) is 129 Å². The van der Waals surface area contributed by atoms with Crippen LogP contribution >= 0.6 is 9.03 Å². The van der Waals surface area contributed by atoms with Crippen LogP contribution in [0.3, 0.4) is 0 Å². The number of aliphatic hydroxyl groups is 1. The molecule has 0 aromatic heterocycles. The summed E-state index contributed by atoms with van der Waals surface area (Å²) in [5.74, 6) is -0.870. The van der Waals surface area contributed by atoms with Crippen molar-refractivity contribution >= 4 is 39.5 Å². The summed E-state index contributed by atoms with van der Waals surface area (Å²) in [5, 5.41) is 11.2. The van der Waals surface area contributed by atoms with E-state index < -0.39 is 12.2 Å². The van der Waals surface area contributed by atoms with Gasteiger partial charge in [-0.3, -0.25) is 19.2 Å². The van der Waals surface area contributed by atoms with Gasteiger partial charge in [0.25, 0.3) is 0 Å². The minimum atomic E-state index is -0.535. The van der Waals surface area contributed by atoms with Crippen molar-refractivity contribution in [3.63, 3.8) is 0 Å². The summed E-state index contributed by atoms with van der Waals surface area (Å²) >= 11 is 0. The molecule has 1 fully saturated rings. The van der Waals surface area contributed by atoms with E-state index in [1.54, 1.807) is 7.11 Å². The van der Waals surface area contributed by atoms with Crippen LogP contribution in [0.15, 0.2) is 60.7 Å². The number of ketones is 1. The number of carbonyl (C=O) groups is 5. The van der Waals surface area contributed by atoms with Crippen LogP contribution in [0, 0.1) is 10.8 Å². The quantitative estimate of drug-likeness (QED) is 0.116. The third-order valence-electron chi connectivity index (χ3n) is 7.88. The molecular formula is C45H80NO12P. The molecule has 0 bridgehead atoms. The van der Waals surface area contributed by atoms with Crippen molar-refractivity contribution in [3.05, 3.63) is 71.8 Å². The van der Waals surface area contributed by atoms with E-state index in [1.807, 2.05) is 92.5 Å². The number of methoxy groups -OCH3 is 4. The number of hydrogen-bond acceptors (Lipinski definition) is 12. The number of aryl methyl sites for hydroxylation is 1. The number of amides is 1. The Kier molecular flexibility index (Phi) is 43.3. The molecule has 13 nitrogen and oxygen atoms in total. The third kappa shape index (κ3) is 31.9. The van der Waals surface area contributed by atoms with Gasteiger partial charge >= 0.3 is 11.9 Å². The van der Waals surface area contributed by atoms with Gasteiger partial charge in [0.15, 0.2) is 14.8 Å². The lowest BCUT2D eigenvalue weighted by atomic mass is 9.83. The molecule has 59 heavy (non-hydrogen) atoms.